The van der Waals surface area contributed by atoms with Gasteiger partial charge in [0.2, 0.25) is 0 Å². The van der Waals surface area contributed by atoms with E-state index in [0.29, 0.717) is 19.6 Å². The Labute approximate surface area is 127 Å². The van der Waals surface area contributed by atoms with E-state index in [1.165, 1.54) is 7.11 Å². The van der Waals surface area contributed by atoms with Crippen LogP contribution < -0.4 is 10.5 Å². The fraction of sp³-hybridized carbons (Fsp3) is 0.562. The Morgan fingerprint density at radius 1 is 1.24 bits per heavy atom. The average molecular weight is 294 g/mol. The minimum atomic E-state index is -0.148. The van der Waals surface area contributed by atoms with E-state index < -0.39 is 0 Å². The number of carbonyl (C=O) groups excluding carboxylic acids is 1. The number of methoxy groups -OCH3 is 1. The lowest BCUT2D eigenvalue weighted by Gasteiger charge is -2.16. The Bertz CT molecular complexity index is 424. The quantitative estimate of drug-likeness (QED) is 0.526. The maximum absolute atomic E-state index is 11.0. The van der Waals surface area contributed by atoms with Crippen molar-refractivity contribution in [2.45, 2.75) is 25.8 Å². The summed E-state index contributed by atoms with van der Waals surface area (Å²) in [7, 11) is 3.47. The van der Waals surface area contributed by atoms with Crippen LogP contribution in [0.5, 0.6) is 5.75 Å². The molecule has 0 atom stereocenters. The van der Waals surface area contributed by atoms with E-state index in [4.69, 9.17) is 10.5 Å². The van der Waals surface area contributed by atoms with Crippen molar-refractivity contribution in [1.29, 1.82) is 0 Å². The summed E-state index contributed by atoms with van der Waals surface area (Å²) in [4.78, 5) is 13.2. The summed E-state index contributed by atoms with van der Waals surface area (Å²) in [5, 5.41) is 0. The van der Waals surface area contributed by atoms with Gasteiger partial charge in [-0.05, 0) is 32.5 Å². The lowest BCUT2D eigenvalue weighted by Crippen LogP contribution is -2.23. The maximum atomic E-state index is 11.0. The number of hydrogen-bond donors (Lipinski definition) is 1. The number of ether oxygens (including phenoxy) is 2. The molecule has 0 aliphatic heterocycles. The van der Waals surface area contributed by atoms with Crippen molar-refractivity contribution in [1.82, 2.24) is 4.90 Å². The molecule has 0 fully saturated rings. The Morgan fingerprint density at radius 2 is 1.95 bits per heavy atom. The van der Waals surface area contributed by atoms with Gasteiger partial charge in [0, 0.05) is 25.1 Å². The first-order chi connectivity index (χ1) is 10.2. The topological polar surface area (TPSA) is 64.8 Å². The van der Waals surface area contributed by atoms with Crippen LogP contribution in [0.2, 0.25) is 0 Å². The van der Waals surface area contributed by atoms with Gasteiger partial charge in [-0.3, -0.25) is 4.79 Å². The van der Waals surface area contributed by atoms with Gasteiger partial charge in [0.1, 0.15) is 5.75 Å². The average Bonchev–Trinajstić information content (AvgIpc) is 2.51. The van der Waals surface area contributed by atoms with Crippen molar-refractivity contribution in [2.24, 2.45) is 5.73 Å². The number of benzene rings is 1. The van der Waals surface area contributed by atoms with Gasteiger partial charge >= 0.3 is 5.97 Å². The van der Waals surface area contributed by atoms with Crippen LogP contribution in [0.4, 0.5) is 0 Å². The molecule has 0 aliphatic carbocycles. The predicted octanol–water partition coefficient (Wildman–Crippen LogP) is 1.80. The molecule has 2 N–H and O–H groups in total. The van der Waals surface area contributed by atoms with E-state index in [1.807, 2.05) is 31.3 Å². The second-order valence-electron chi connectivity index (χ2n) is 5.00. The molecule has 0 saturated carbocycles. The monoisotopic (exact) mass is 294 g/mol. The summed E-state index contributed by atoms with van der Waals surface area (Å²) in [5.41, 5.74) is 6.70. The van der Waals surface area contributed by atoms with Crippen LogP contribution in [-0.2, 0) is 16.1 Å². The SMILES string of the molecule is COC(=O)CCCN(C)CCCOc1ccccc1CN. The molecule has 1 aromatic carbocycles. The number of esters is 1. The lowest BCUT2D eigenvalue weighted by molar-refractivity contribution is -0.140. The summed E-state index contributed by atoms with van der Waals surface area (Å²) in [5.74, 6) is 0.721. The third-order valence-electron chi connectivity index (χ3n) is 3.28. The highest BCUT2D eigenvalue weighted by Crippen LogP contribution is 2.17. The van der Waals surface area contributed by atoms with Crippen molar-refractivity contribution in [3.63, 3.8) is 0 Å². The van der Waals surface area contributed by atoms with Gasteiger partial charge < -0.3 is 20.1 Å². The first kappa shape index (κ1) is 17.5. The number of hydrogen-bond acceptors (Lipinski definition) is 5. The van der Waals surface area contributed by atoms with Gasteiger partial charge in [0.25, 0.3) is 0 Å². The molecule has 0 radical (unpaired) electrons. The molecule has 0 heterocycles. The van der Waals surface area contributed by atoms with E-state index in [-0.39, 0.29) is 5.97 Å². The Hall–Kier alpha value is -1.59. The van der Waals surface area contributed by atoms with Crippen LogP contribution in [0, 0.1) is 0 Å². The molecular formula is C16H26N2O3. The van der Waals surface area contributed by atoms with Crippen molar-refractivity contribution in [3.8, 4) is 5.75 Å². The van der Waals surface area contributed by atoms with Crippen LogP contribution in [-0.4, -0.2) is 44.7 Å². The normalized spacial score (nSPS) is 10.7. The van der Waals surface area contributed by atoms with E-state index in [2.05, 4.69) is 9.64 Å². The van der Waals surface area contributed by atoms with E-state index in [1.54, 1.807) is 0 Å². The number of carbonyl (C=O) groups is 1. The summed E-state index contributed by atoms with van der Waals surface area (Å²) in [6.07, 6.45) is 2.23. The number of para-hydroxylation sites is 1. The van der Waals surface area contributed by atoms with E-state index >= 15 is 0 Å². The highest BCUT2D eigenvalue weighted by Gasteiger charge is 2.04. The van der Waals surface area contributed by atoms with Crippen molar-refractivity contribution < 1.29 is 14.3 Å². The Balaban J connectivity index is 2.14. The third kappa shape index (κ3) is 7.11. The summed E-state index contributed by atoms with van der Waals surface area (Å²) < 4.78 is 10.4. The van der Waals surface area contributed by atoms with Crippen molar-refractivity contribution in [3.05, 3.63) is 29.8 Å². The number of nitrogens with zero attached hydrogens (tertiary/aromatic N) is 1. The predicted molar refractivity (Wildman–Crippen MR) is 83.2 cm³/mol. The van der Waals surface area contributed by atoms with Gasteiger partial charge in [0.15, 0.2) is 0 Å². The standard InChI is InChI=1S/C16H26N2O3/c1-18(10-5-9-16(19)20-2)11-6-12-21-15-8-4-3-7-14(15)13-17/h3-4,7-8H,5-6,9-13,17H2,1-2H3. The van der Waals surface area contributed by atoms with E-state index in [9.17, 15) is 4.79 Å². The molecule has 0 aromatic heterocycles. The molecule has 1 rings (SSSR count). The zero-order chi connectivity index (χ0) is 15.5. The number of nitrogens with two attached hydrogens (primary N) is 1. The number of rotatable bonds is 10. The molecule has 0 spiro atoms. The molecule has 1 aromatic rings. The first-order valence-corrected chi connectivity index (χ1v) is 7.33. The zero-order valence-corrected chi connectivity index (χ0v) is 13.0. The molecule has 0 aliphatic rings. The van der Waals surface area contributed by atoms with Crippen LogP contribution in [0.25, 0.3) is 0 Å². The van der Waals surface area contributed by atoms with Gasteiger partial charge in [0.05, 0.1) is 13.7 Å². The zero-order valence-electron chi connectivity index (χ0n) is 13.0. The molecule has 0 saturated heterocycles. The molecule has 0 bridgehead atoms. The second kappa shape index (κ2) is 10.2. The largest absolute Gasteiger partial charge is 0.493 e. The fourth-order valence-electron chi connectivity index (χ4n) is 2.04. The highest BCUT2D eigenvalue weighted by molar-refractivity contribution is 5.69. The lowest BCUT2D eigenvalue weighted by atomic mass is 10.2. The van der Waals surface area contributed by atoms with Crippen LogP contribution in [0.3, 0.4) is 0 Å². The second-order valence-corrected chi connectivity index (χ2v) is 5.00. The molecular weight excluding hydrogens is 268 g/mol. The van der Waals surface area contributed by atoms with Crippen LogP contribution >= 0.6 is 0 Å². The van der Waals surface area contributed by atoms with Gasteiger partial charge in [-0.1, -0.05) is 18.2 Å². The summed E-state index contributed by atoms with van der Waals surface area (Å²) in [6, 6.07) is 7.84. The van der Waals surface area contributed by atoms with Gasteiger partial charge in [-0.25, -0.2) is 0 Å². The van der Waals surface area contributed by atoms with Crippen LogP contribution in [0.15, 0.2) is 24.3 Å². The Morgan fingerprint density at radius 3 is 2.67 bits per heavy atom. The molecule has 0 unspecified atom stereocenters. The highest BCUT2D eigenvalue weighted by atomic mass is 16.5. The summed E-state index contributed by atoms with van der Waals surface area (Å²) >= 11 is 0. The molecule has 118 valence electrons. The fourth-order valence-corrected chi connectivity index (χ4v) is 2.04. The molecule has 21 heavy (non-hydrogen) atoms. The Kier molecular flexibility index (Phi) is 8.47. The maximum Gasteiger partial charge on any atom is 0.305 e. The summed E-state index contributed by atoms with van der Waals surface area (Å²) in [6.45, 7) is 2.97. The molecule has 5 heteroatoms. The minimum absolute atomic E-state index is 0.148. The van der Waals surface area contributed by atoms with Crippen molar-refractivity contribution in [2.75, 3.05) is 33.9 Å². The first-order valence-electron chi connectivity index (χ1n) is 7.33. The van der Waals surface area contributed by atoms with Gasteiger partial charge in [-0.2, -0.15) is 0 Å². The minimum Gasteiger partial charge on any atom is -0.493 e. The van der Waals surface area contributed by atoms with Crippen molar-refractivity contribution >= 4 is 5.97 Å². The smallest absolute Gasteiger partial charge is 0.305 e. The van der Waals surface area contributed by atoms with Crippen LogP contribution in [0.1, 0.15) is 24.8 Å². The van der Waals surface area contributed by atoms with Gasteiger partial charge in [-0.15, -0.1) is 0 Å². The molecule has 0 amide bonds. The third-order valence-corrected chi connectivity index (χ3v) is 3.28. The van der Waals surface area contributed by atoms with E-state index in [0.717, 1.165) is 37.2 Å². The molecule has 5 nitrogen and oxygen atoms in total.